The molecule has 2 rings (SSSR count). The van der Waals surface area contributed by atoms with Gasteiger partial charge in [-0.2, -0.15) is 0 Å². The topological polar surface area (TPSA) is 21.3 Å². The molecule has 1 unspecified atom stereocenters. The summed E-state index contributed by atoms with van der Waals surface area (Å²) in [5.41, 5.74) is 3.49. The van der Waals surface area contributed by atoms with Crippen LogP contribution in [0.25, 0.3) is 0 Å². The third kappa shape index (κ3) is 3.33. The third-order valence-corrected chi connectivity index (χ3v) is 3.77. The van der Waals surface area contributed by atoms with E-state index >= 15 is 0 Å². The normalized spacial score (nSPS) is 12.2. The highest BCUT2D eigenvalue weighted by atomic mass is 35.5. The van der Waals surface area contributed by atoms with E-state index in [1.807, 2.05) is 25.1 Å². The van der Waals surface area contributed by atoms with Gasteiger partial charge in [-0.25, -0.2) is 0 Å². The second kappa shape index (κ2) is 6.78. The average molecular weight is 290 g/mol. The Balaban J connectivity index is 2.41. The van der Waals surface area contributed by atoms with Gasteiger partial charge in [-0.05, 0) is 48.4 Å². The van der Waals surface area contributed by atoms with Gasteiger partial charge in [-0.15, -0.1) is 0 Å². The number of rotatable bonds is 5. The first-order chi connectivity index (χ1) is 9.65. The lowest BCUT2D eigenvalue weighted by molar-refractivity contribution is 0.413. The SMILES string of the molecule is CCNC(c1cccc(OC)c1)c1ccc(Cl)c(C)c1. The van der Waals surface area contributed by atoms with Crippen LogP contribution in [0.2, 0.25) is 5.02 Å². The maximum absolute atomic E-state index is 6.12. The van der Waals surface area contributed by atoms with Gasteiger partial charge in [0.05, 0.1) is 13.2 Å². The molecule has 0 saturated carbocycles. The van der Waals surface area contributed by atoms with Crippen LogP contribution in [0, 0.1) is 6.92 Å². The molecule has 0 heterocycles. The van der Waals surface area contributed by atoms with Gasteiger partial charge < -0.3 is 10.1 Å². The fourth-order valence-corrected chi connectivity index (χ4v) is 2.42. The minimum atomic E-state index is 0.145. The summed E-state index contributed by atoms with van der Waals surface area (Å²) >= 11 is 6.12. The van der Waals surface area contributed by atoms with Crippen molar-refractivity contribution in [1.29, 1.82) is 0 Å². The lowest BCUT2D eigenvalue weighted by Crippen LogP contribution is -2.22. The molecule has 0 bridgehead atoms. The highest BCUT2D eigenvalue weighted by molar-refractivity contribution is 6.31. The Morgan fingerprint density at radius 3 is 2.55 bits per heavy atom. The Labute approximate surface area is 125 Å². The molecule has 0 aliphatic heterocycles. The molecule has 1 N–H and O–H groups in total. The summed E-state index contributed by atoms with van der Waals surface area (Å²) in [5, 5.41) is 4.32. The van der Waals surface area contributed by atoms with E-state index in [1.165, 1.54) is 11.1 Å². The zero-order valence-corrected chi connectivity index (χ0v) is 12.9. The maximum atomic E-state index is 6.12. The first kappa shape index (κ1) is 14.9. The molecular weight excluding hydrogens is 270 g/mol. The highest BCUT2D eigenvalue weighted by Crippen LogP contribution is 2.27. The quantitative estimate of drug-likeness (QED) is 0.883. The van der Waals surface area contributed by atoms with Gasteiger partial charge >= 0.3 is 0 Å². The molecule has 0 spiro atoms. The zero-order valence-electron chi connectivity index (χ0n) is 12.1. The van der Waals surface area contributed by atoms with Crippen molar-refractivity contribution in [1.82, 2.24) is 5.32 Å². The molecule has 106 valence electrons. The first-order valence-electron chi connectivity index (χ1n) is 6.79. The Hall–Kier alpha value is -1.51. The number of hydrogen-bond acceptors (Lipinski definition) is 2. The number of methoxy groups -OCH3 is 1. The van der Waals surface area contributed by atoms with E-state index in [-0.39, 0.29) is 6.04 Å². The van der Waals surface area contributed by atoms with E-state index in [9.17, 15) is 0 Å². The average Bonchev–Trinajstić information content (AvgIpc) is 2.48. The van der Waals surface area contributed by atoms with E-state index in [4.69, 9.17) is 16.3 Å². The van der Waals surface area contributed by atoms with E-state index < -0.39 is 0 Å². The molecular formula is C17H20ClNO. The predicted octanol–water partition coefficient (Wildman–Crippen LogP) is 4.36. The second-order valence-corrected chi connectivity index (χ2v) is 5.18. The van der Waals surface area contributed by atoms with Crippen molar-refractivity contribution in [3.8, 4) is 5.75 Å². The second-order valence-electron chi connectivity index (χ2n) is 4.78. The van der Waals surface area contributed by atoms with E-state index in [1.54, 1.807) is 7.11 Å². The van der Waals surface area contributed by atoms with Crippen LogP contribution in [0.1, 0.15) is 29.7 Å². The van der Waals surface area contributed by atoms with Crippen molar-refractivity contribution in [3.63, 3.8) is 0 Å². The van der Waals surface area contributed by atoms with E-state index in [0.29, 0.717) is 0 Å². The highest BCUT2D eigenvalue weighted by Gasteiger charge is 2.14. The molecule has 0 aliphatic rings. The minimum Gasteiger partial charge on any atom is -0.497 e. The van der Waals surface area contributed by atoms with Crippen molar-refractivity contribution >= 4 is 11.6 Å². The van der Waals surface area contributed by atoms with Gasteiger partial charge in [0.1, 0.15) is 5.75 Å². The number of ether oxygens (including phenoxy) is 1. The van der Waals surface area contributed by atoms with E-state index in [2.05, 4.69) is 36.5 Å². The molecule has 0 fully saturated rings. The number of benzene rings is 2. The fourth-order valence-electron chi connectivity index (χ4n) is 2.30. The largest absolute Gasteiger partial charge is 0.497 e. The molecule has 0 aliphatic carbocycles. The van der Waals surface area contributed by atoms with Gasteiger partial charge in [0, 0.05) is 5.02 Å². The molecule has 2 aromatic carbocycles. The van der Waals surface area contributed by atoms with Crippen molar-refractivity contribution in [3.05, 3.63) is 64.2 Å². The van der Waals surface area contributed by atoms with Crippen molar-refractivity contribution < 1.29 is 4.74 Å². The van der Waals surface area contributed by atoms with Crippen molar-refractivity contribution in [2.75, 3.05) is 13.7 Å². The Bertz CT molecular complexity index is 583. The summed E-state index contributed by atoms with van der Waals surface area (Å²) in [7, 11) is 1.69. The molecule has 3 heteroatoms. The molecule has 1 atom stereocenters. The summed E-state index contributed by atoms with van der Waals surface area (Å²) in [5.74, 6) is 0.871. The number of aryl methyl sites for hydroxylation is 1. The monoisotopic (exact) mass is 289 g/mol. The number of nitrogens with one attached hydrogen (secondary N) is 1. The molecule has 0 saturated heterocycles. The zero-order chi connectivity index (χ0) is 14.5. The lowest BCUT2D eigenvalue weighted by atomic mass is 9.97. The third-order valence-electron chi connectivity index (χ3n) is 3.35. The summed E-state index contributed by atoms with van der Waals surface area (Å²) in [6.45, 7) is 5.03. The van der Waals surface area contributed by atoms with Crippen LogP contribution in [0.4, 0.5) is 0 Å². The first-order valence-corrected chi connectivity index (χ1v) is 7.17. The van der Waals surface area contributed by atoms with Gasteiger partial charge in [-0.3, -0.25) is 0 Å². The van der Waals surface area contributed by atoms with Crippen LogP contribution in [0.5, 0.6) is 5.75 Å². The molecule has 0 amide bonds. The van der Waals surface area contributed by atoms with E-state index in [0.717, 1.165) is 22.9 Å². The van der Waals surface area contributed by atoms with Crippen LogP contribution in [-0.2, 0) is 0 Å². The molecule has 20 heavy (non-hydrogen) atoms. The summed E-state index contributed by atoms with van der Waals surface area (Å²) < 4.78 is 5.31. The summed E-state index contributed by atoms with van der Waals surface area (Å²) in [6.07, 6.45) is 0. The minimum absolute atomic E-state index is 0.145. The Morgan fingerprint density at radius 1 is 1.15 bits per heavy atom. The van der Waals surface area contributed by atoms with Gasteiger partial charge in [0.15, 0.2) is 0 Å². The maximum Gasteiger partial charge on any atom is 0.119 e. The summed E-state index contributed by atoms with van der Waals surface area (Å²) in [6, 6.07) is 14.5. The van der Waals surface area contributed by atoms with Crippen LogP contribution in [0.3, 0.4) is 0 Å². The van der Waals surface area contributed by atoms with Gasteiger partial charge in [-0.1, -0.05) is 42.8 Å². The molecule has 2 nitrogen and oxygen atoms in total. The van der Waals surface area contributed by atoms with Crippen molar-refractivity contribution in [2.45, 2.75) is 19.9 Å². The predicted molar refractivity (Wildman–Crippen MR) is 84.7 cm³/mol. The van der Waals surface area contributed by atoms with Crippen LogP contribution in [0.15, 0.2) is 42.5 Å². The van der Waals surface area contributed by atoms with Crippen LogP contribution < -0.4 is 10.1 Å². The van der Waals surface area contributed by atoms with Gasteiger partial charge in [0.25, 0.3) is 0 Å². The Kier molecular flexibility index (Phi) is 5.05. The molecule has 2 aromatic rings. The standard InChI is InChI=1S/C17H20ClNO/c1-4-19-17(13-6-5-7-15(11-13)20-3)14-8-9-16(18)12(2)10-14/h5-11,17,19H,4H2,1-3H3. The summed E-state index contributed by atoms with van der Waals surface area (Å²) in [4.78, 5) is 0. The van der Waals surface area contributed by atoms with Crippen LogP contribution >= 0.6 is 11.6 Å². The molecule has 0 aromatic heterocycles. The fraction of sp³-hybridized carbons (Fsp3) is 0.294. The van der Waals surface area contributed by atoms with Crippen molar-refractivity contribution in [2.24, 2.45) is 0 Å². The smallest absolute Gasteiger partial charge is 0.119 e. The molecule has 0 radical (unpaired) electrons. The lowest BCUT2D eigenvalue weighted by Gasteiger charge is -2.20. The van der Waals surface area contributed by atoms with Crippen LogP contribution in [-0.4, -0.2) is 13.7 Å². The van der Waals surface area contributed by atoms with Gasteiger partial charge in [0.2, 0.25) is 0 Å². The number of hydrogen-bond donors (Lipinski definition) is 1. The number of halogens is 1. The Morgan fingerprint density at radius 2 is 1.90 bits per heavy atom.